The number of hydrogen-bond donors (Lipinski definition) is 1. The van der Waals surface area contributed by atoms with Gasteiger partial charge in [0.15, 0.2) is 0 Å². The van der Waals surface area contributed by atoms with Gasteiger partial charge >= 0.3 is 0 Å². The van der Waals surface area contributed by atoms with Crippen LogP contribution in [0.5, 0.6) is 0 Å². The highest BCUT2D eigenvalue weighted by Gasteiger charge is 2.32. The van der Waals surface area contributed by atoms with Crippen LogP contribution in [-0.4, -0.2) is 24.1 Å². The minimum atomic E-state index is 0.755. The fraction of sp³-hybridized carbons (Fsp3) is 0.600. The molecule has 3 rings (SSSR count). The number of rotatable bonds is 0. The van der Waals surface area contributed by atoms with E-state index in [2.05, 4.69) is 28.5 Å². The Hall–Kier alpha value is 0.01000. The molecule has 0 aromatic carbocycles. The van der Waals surface area contributed by atoms with Crippen LogP contribution < -0.4 is 5.32 Å². The van der Waals surface area contributed by atoms with E-state index in [0.717, 1.165) is 12.0 Å². The molecule has 2 atom stereocenters. The van der Waals surface area contributed by atoms with Gasteiger partial charge in [-0.25, -0.2) is 0 Å². The number of hydrogen-bond acceptors (Lipinski definition) is 3. The monoisotopic (exact) mass is 211 g/mol. The van der Waals surface area contributed by atoms with E-state index in [0.29, 0.717) is 0 Å². The Labute approximate surface area is 86.9 Å². The van der Waals surface area contributed by atoms with Gasteiger partial charge in [-0.1, -0.05) is 0 Å². The van der Waals surface area contributed by atoms with Gasteiger partial charge in [-0.05, 0) is 30.0 Å². The minimum absolute atomic E-state index is 0.755. The Morgan fingerprint density at radius 3 is 3.38 bits per heavy atom. The van der Waals surface area contributed by atoms with Crippen LogP contribution in [0.2, 0.25) is 0 Å². The van der Waals surface area contributed by atoms with Gasteiger partial charge in [0.05, 0.1) is 0 Å². The lowest BCUT2D eigenvalue weighted by molar-refractivity contribution is 0.533. The first-order valence-electron chi connectivity index (χ1n) is 4.82. The second kappa shape index (κ2) is 3.30. The molecular weight excluding hydrogens is 198 g/mol. The summed E-state index contributed by atoms with van der Waals surface area (Å²) in [6, 6.07) is 3.07. The number of nitrogens with one attached hydrogen (secondary N) is 1. The second-order valence-corrected chi connectivity index (χ2v) is 5.79. The van der Waals surface area contributed by atoms with E-state index >= 15 is 0 Å². The largest absolute Gasteiger partial charge is 0.312 e. The van der Waals surface area contributed by atoms with E-state index in [-0.39, 0.29) is 0 Å². The molecule has 1 N–H and O–H groups in total. The first kappa shape index (κ1) is 8.33. The van der Waals surface area contributed by atoms with Gasteiger partial charge in [-0.2, -0.15) is 11.8 Å². The SMILES string of the molecule is c1cc2c(s1)C1CSCC1NCC2. The van der Waals surface area contributed by atoms with Gasteiger partial charge < -0.3 is 5.32 Å². The molecule has 1 saturated heterocycles. The van der Waals surface area contributed by atoms with Crippen molar-refractivity contribution in [3.63, 3.8) is 0 Å². The Bertz CT molecular complexity index is 308. The van der Waals surface area contributed by atoms with Gasteiger partial charge in [0.2, 0.25) is 0 Å². The summed E-state index contributed by atoms with van der Waals surface area (Å²) in [7, 11) is 0. The smallest absolute Gasteiger partial charge is 0.0242 e. The maximum absolute atomic E-state index is 3.66. The van der Waals surface area contributed by atoms with Crippen LogP contribution in [0.15, 0.2) is 11.4 Å². The predicted molar refractivity (Wildman–Crippen MR) is 59.9 cm³/mol. The summed E-state index contributed by atoms with van der Waals surface area (Å²) in [6.45, 7) is 1.17. The summed E-state index contributed by atoms with van der Waals surface area (Å²) in [5, 5.41) is 5.92. The molecule has 0 amide bonds. The van der Waals surface area contributed by atoms with Crippen LogP contribution in [0, 0.1) is 0 Å². The third kappa shape index (κ3) is 1.34. The molecule has 1 aromatic heterocycles. The van der Waals surface area contributed by atoms with Crippen LogP contribution in [0.1, 0.15) is 16.4 Å². The normalized spacial score (nSPS) is 32.3. The highest BCUT2D eigenvalue weighted by molar-refractivity contribution is 7.99. The second-order valence-electron chi connectivity index (χ2n) is 3.76. The van der Waals surface area contributed by atoms with E-state index in [4.69, 9.17) is 0 Å². The predicted octanol–water partition coefficient (Wildman–Crippen LogP) is 2.09. The molecule has 0 aliphatic carbocycles. The van der Waals surface area contributed by atoms with Crippen molar-refractivity contribution in [2.24, 2.45) is 0 Å². The van der Waals surface area contributed by atoms with Gasteiger partial charge in [0, 0.05) is 28.3 Å². The Kier molecular flexibility index (Phi) is 2.11. The van der Waals surface area contributed by atoms with Gasteiger partial charge in [-0.3, -0.25) is 0 Å². The van der Waals surface area contributed by atoms with E-state index < -0.39 is 0 Å². The van der Waals surface area contributed by atoms with Gasteiger partial charge in [-0.15, -0.1) is 11.3 Å². The van der Waals surface area contributed by atoms with Crippen molar-refractivity contribution in [2.75, 3.05) is 18.1 Å². The topological polar surface area (TPSA) is 12.0 Å². The quantitative estimate of drug-likeness (QED) is 0.705. The molecule has 70 valence electrons. The van der Waals surface area contributed by atoms with Crippen LogP contribution >= 0.6 is 23.1 Å². The zero-order chi connectivity index (χ0) is 8.67. The van der Waals surface area contributed by atoms with Crippen molar-refractivity contribution in [3.05, 3.63) is 21.9 Å². The van der Waals surface area contributed by atoms with Crippen molar-refractivity contribution in [3.8, 4) is 0 Å². The third-order valence-electron chi connectivity index (χ3n) is 3.00. The summed E-state index contributed by atoms with van der Waals surface area (Å²) in [6.07, 6.45) is 1.23. The zero-order valence-electron chi connectivity index (χ0n) is 7.45. The molecule has 2 unspecified atom stereocenters. The Balaban J connectivity index is 2.02. The van der Waals surface area contributed by atoms with E-state index in [9.17, 15) is 0 Å². The summed E-state index contributed by atoms with van der Waals surface area (Å²) < 4.78 is 0. The van der Waals surface area contributed by atoms with Crippen molar-refractivity contribution in [2.45, 2.75) is 18.4 Å². The Morgan fingerprint density at radius 1 is 1.38 bits per heavy atom. The van der Waals surface area contributed by atoms with Crippen LogP contribution in [-0.2, 0) is 6.42 Å². The fourth-order valence-electron chi connectivity index (χ4n) is 2.29. The summed E-state index contributed by atoms with van der Waals surface area (Å²) in [4.78, 5) is 1.67. The van der Waals surface area contributed by atoms with Crippen molar-refractivity contribution < 1.29 is 0 Å². The highest BCUT2D eigenvalue weighted by Crippen LogP contribution is 2.38. The molecule has 3 heterocycles. The molecule has 0 spiro atoms. The van der Waals surface area contributed by atoms with E-state index in [1.54, 1.807) is 10.4 Å². The average molecular weight is 211 g/mol. The lowest BCUT2D eigenvalue weighted by Crippen LogP contribution is -2.33. The first-order valence-corrected chi connectivity index (χ1v) is 6.86. The van der Waals surface area contributed by atoms with E-state index in [1.165, 1.54) is 24.5 Å². The van der Waals surface area contributed by atoms with E-state index in [1.807, 2.05) is 11.3 Å². The van der Waals surface area contributed by atoms with Crippen molar-refractivity contribution >= 4 is 23.1 Å². The van der Waals surface area contributed by atoms with Crippen LogP contribution in [0.3, 0.4) is 0 Å². The molecule has 1 fully saturated rings. The molecule has 1 nitrogen and oxygen atoms in total. The zero-order valence-corrected chi connectivity index (χ0v) is 9.09. The summed E-state index contributed by atoms with van der Waals surface area (Å²) >= 11 is 4.06. The highest BCUT2D eigenvalue weighted by atomic mass is 32.2. The van der Waals surface area contributed by atoms with Crippen LogP contribution in [0.25, 0.3) is 0 Å². The first-order chi connectivity index (χ1) is 6.45. The maximum atomic E-state index is 3.66. The lowest BCUT2D eigenvalue weighted by atomic mass is 10.0. The average Bonchev–Trinajstić information content (AvgIpc) is 2.72. The fourth-order valence-corrected chi connectivity index (χ4v) is 4.91. The lowest BCUT2D eigenvalue weighted by Gasteiger charge is -2.15. The molecule has 2 aliphatic heterocycles. The maximum Gasteiger partial charge on any atom is 0.0242 e. The Morgan fingerprint density at radius 2 is 2.38 bits per heavy atom. The molecule has 13 heavy (non-hydrogen) atoms. The summed E-state index contributed by atoms with van der Waals surface area (Å²) in [5.74, 6) is 3.44. The number of fused-ring (bicyclic) bond motifs is 3. The summed E-state index contributed by atoms with van der Waals surface area (Å²) in [5.41, 5.74) is 1.60. The minimum Gasteiger partial charge on any atom is -0.312 e. The molecule has 0 saturated carbocycles. The molecule has 0 radical (unpaired) electrons. The van der Waals surface area contributed by atoms with Gasteiger partial charge in [0.25, 0.3) is 0 Å². The standard InChI is InChI=1S/C10H13NS2/c1-3-11-9-6-12-5-8(9)10-7(1)2-4-13-10/h2,4,8-9,11H,1,3,5-6H2. The van der Waals surface area contributed by atoms with Crippen LogP contribution in [0.4, 0.5) is 0 Å². The molecule has 1 aromatic rings. The number of thioether (sulfide) groups is 1. The van der Waals surface area contributed by atoms with Crippen molar-refractivity contribution in [1.29, 1.82) is 0 Å². The van der Waals surface area contributed by atoms with Crippen molar-refractivity contribution in [1.82, 2.24) is 5.32 Å². The molecule has 2 aliphatic rings. The third-order valence-corrected chi connectivity index (χ3v) is 5.28. The van der Waals surface area contributed by atoms with Gasteiger partial charge in [0.1, 0.15) is 0 Å². The molecule has 0 bridgehead atoms. The molecular formula is C10H13NS2. The molecule has 3 heteroatoms. The number of thiophene rings is 1.